The molecule has 0 heterocycles. The van der Waals surface area contributed by atoms with Crippen molar-refractivity contribution in [3.8, 4) is 0 Å². The van der Waals surface area contributed by atoms with Gasteiger partial charge >= 0.3 is 27.3 Å². The molecule has 0 aliphatic heterocycles. The Hall–Kier alpha value is 0.662. The van der Waals surface area contributed by atoms with Crippen molar-refractivity contribution in [2.45, 2.75) is 26.2 Å². The van der Waals surface area contributed by atoms with Crippen molar-refractivity contribution >= 4 is 27.3 Å². The van der Waals surface area contributed by atoms with Crippen molar-refractivity contribution in [3.63, 3.8) is 0 Å². The molecule has 7 heavy (non-hydrogen) atoms. The van der Waals surface area contributed by atoms with Crippen LogP contribution >= 0.6 is 0 Å². The van der Waals surface area contributed by atoms with E-state index in [4.69, 9.17) is 0 Å². The molecule has 0 spiro atoms. The van der Waals surface area contributed by atoms with Crippen molar-refractivity contribution in [1.82, 2.24) is 0 Å². The van der Waals surface area contributed by atoms with E-state index in [0.29, 0.717) is 0 Å². The van der Waals surface area contributed by atoms with Crippen LogP contribution < -0.4 is 0 Å². The molecule has 0 atom stereocenters. The van der Waals surface area contributed by atoms with Crippen LogP contribution in [0.3, 0.4) is 0 Å². The number of hydrogen-bond donors (Lipinski definition) is 0. The molecule has 0 aliphatic carbocycles. The van der Waals surface area contributed by atoms with Crippen LogP contribution in [0.15, 0.2) is 12.7 Å². The maximum atomic E-state index is 3.60. The van der Waals surface area contributed by atoms with E-state index in [1.807, 2.05) is 6.08 Å². The summed E-state index contributed by atoms with van der Waals surface area (Å²) in [5.41, 5.74) is 0. The molecule has 0 N–H and O–H groups in total. The van der Waals surface area contributed by atoms with Gasteiger partial charge in [-0.2, -0.15) is 0 Å². The van der Waals surface area contributed by atoms with E-state index < -0.39 is 0 Å². The summed E-state index contributed by atoms with van der Waals surface area (Å²) in [7, 11) is 0. The monoisotopic (exact) mass is 294 g/mol. The molecule has 0 aliphatic rings. The Morgan fingerprint density at radius 1 is 1.57 bits per heavy atom. The molecule has 0 aromatic rings. The molecule has 0 saturated heterocycles. The van der Waals surface area contributed by atoms with Crippen LogP contribution in [0.1, 0.15) is 26.2 Å². The first-order chi connectivity index (χ1) is 2.91. The fraction of sp³-hybridized carbons (Fsp3) is 0.667. The summed E-state index contributed by atoms with van der Waals surface area (Å²) in [6, 6.07) is 0. The van der Waals surface area contributed by atoms with Gasteiger partial charge in [0.15, 0.2) is 0 Å². The van der Waals surface area contributed by atoms with Gasteiger partial charge in [0.1, 0.15) is 0 Å². The zero-order valence-corrected chi connectivity index (χ0v) is 10.6. The van der Waals surface area contributed by atoms with Gasteiger partial charge in [-0.3, -0.25) is 0 Å². The van der Waals surface area contributed by atoms with E-state index in [-0.39, 0.29) is 27.3 Å². The first-order valence-corrected chi connectivity index (χ1v) is 2.52. The van der Waals surface area contributed by atoms with Crippen LogP contribution in [0, 0.1) is 0 Å². The van der Waals surface area contributed by atoms with Crippen molar-refractivity contribution in [2.24, 2.45) is 0 Å². The van der Waals surface area contributed by atoms with Crippen LogP contribution in [-0.4, -0.2) is 27.3 Å². The molecule has 0 saturated carbocycles. The van der Waals surface area contributed by atoms with Crippen LogP contribution in [0.25, 0.3) is 0 Å². The van der Waals surface area contributed by atoms with Crippen LogP contribution in [0.2, 0.25) is 0 Å². The summed E-state index contributed by atoms with van der Waals surface area (Å²) in [5, 5.41) is 0. The Morgan fingerprint density at radius 3 is 2.29 bits per heavy atom. The van der Waals surface area contributed by atoms with E-state index in [1.54, 1.807) is 0 Å². The summed E-state index contributed by atoms with van der Waals surface area (Å²) < 4.78 is 0. The van der Waals surface area contributed by atoms with Crippen LogP contribution in [0.5, 0.6) is 0 Å². The van der Waals surface area contributed by atoms with Crippen molar-refractivity contribution in [2.75, 3.05) is 0 Å². The van der Waals surface area contributed by atoms with E-state index in [0.717, 1.165) is 0 Å². The SMILES string of the molecule is C=CCCCC.[PbH2]. The van der Waals surface area contributed by atoms with Gasteiger partial charge in [0, 0.05) is 0 Å². The van der Waals surface area contributed by atoms with Gasteiger partial charge in [-0.15, -0.1) is 6.58 Å². The standard InChI is InChI=1S/C6H12.Pb.2H/c1-3-5-6-4-2;;;/h3H,1,4-6H2,2H3;;;. The van der Waals surface area contributed by atoms with E-state index in [2.05, 4.69) is 13.5 Å². The van der Waals surface area contributed by atoms with Gasteiger partial charge in [0.2, 0.25) is 0 Å². The third kappa shape index (κ3) is 10.8. The molecule has 0 rings (SSSR count). The molecule has 0 unspecified atom stereocenters. The molecule has 1 heteroatoms. The quantitative estimate of drug-likeness (QED) is 0.420. The van der Waals surface area contributed by atoms with Gasteiger partial charge in [-0.25, -0.2) is 0 Å². The Morgan fingerprint density at radius 2 is 2.14 bits per heavy atom. The van der Waals surface area contributed by atoms with E-state index >= 15 is 0 Å². The predicted octanol–water partition coefficient (Wildman–Crippen LogP) is 1.45. The van der Waals surface area contributed by atoms with Gasteiger partial charge in [0.05, 0.1) is 0 Å². The molecule has 0 bridgehead atoms. The van der Waals surface area contributed by atoms with Crippen molar-refractivity contribution < 1.29 is 0 Å². The summed E-state index contributed by atoms with van der Waals surface area (Å²) in [5.74, 6) is 0. The zero-order valence-electron chi connectivity index (χ0n) is 5.11. The zero-order chi connectivity index (χ0) is 4.83. The Bertz CT molecular complexity index is 33.2. The summed E-state index contributed by atoms with van der Waals surface area (Å²) in [6.07, 6.45) is 5.72. The van der Waals surface area contributed by atoms with Crippen LogP contribution in [-0.2, 0) is 0 Å². The molecular formula is C6H14Pb. The number of rotatable bonds is 3. The molecule has 0 fully saturated rings. The minimum absolute atomic E-state index is 0. The molecule has 2 radical (unpaired) electrons. The Balaban J connectivity index is 0. The summed E-state index contributed by atoms with van der Waals surface area (Å²) >= 11 is 0. The average Bonchev–Trinajstić information content (AvgIpc) is 1.61. The Labute approximate surface area is 66.2 Å². The van der Waals surface area contributed by atoms with Gasteiger partial charge in [0.25, 0.3) is 0 Å². The Kier molecular flexibility index (Phi) is 14.9. The predicted molar refractivity (Wildman–Crippen MR) is 38.3 cm³/mol. The molecule has 0 aromatic carbocycles. The molecule has 0 nitrogen and oxygen atoms in total. The first kappa shape index (κ1) is 10.6. The average molecular weight is 293 g/mol. The van der Waals surface area contributed by atoms with Crippen LogP contribution in [0.4, 0.5) is 0 Å². The van der Waals surface area contributed by atoms with E-state index in [9.17, 15) is 0 Å². The topological polar surface area (TPSA) is 0 Å². The first-order valence-electron chi connectivity index (χ1n) is 2.52. The summed E-state index contributed by atoms with van der Waals surface area (Å²) in [4.78, 5) is 0. The second kappa shape index (κ2) is 9.83. The van der Waals surface area contributed by atoms with Gasteiger partial charge < -0.3 is 0 Å². The number of hydrogen-bond acceptors (Lipinski definition) is 0. The molecule has 42 valence electrons. The molecule has 0 amide bonds. The van der Waals surface area contributed by atoms with Gasteiger partial charge in [-0.05, 0) is 6.42 Å². The summed E-state index contributed by atoms with van der Waals surface area (Å²) in [6.45, 7) is 5.78. The fourth-order valence-electron chi connectivity index (χ4n) is 0.348. The number of unbranched alkanes of at least 4 members (excludes halogenated alkanes) is 2. The fourth-order valence-corrected chi connectivity index (χ4v) is 0.348. The molecule has 0 aromatic heterocycles. The van der Waals surface area contributed by atoms with Crippen molar-refractivity contribution in [1.29, 1.82) is 0 Å². The molecular weight excluding hydrogens is 279 g/mol. The minimum atomic E-state index is 0. The number of allylic oxidation sites excluding steroid dienone is 1. The third-order valence-electron chi connectivity index (χ3n) is 0.762. The van der Waals surface area contributed by atoms with E-state index in [1.165, 1.54) is 19.3 Å². The van der Waals surface area contributed by atoms with Crippen molar-refractivity contribution in [3.05, 3.63) is 12.7 Å². The second-order valence-corrected chi connectivity index (χ2v) is 1.43. The second-order valence-electron chi connectivity index (χ2n) is 1.43. The van der Waals surface area contributed by atoms with Gasteiger partial charge in [-0.1, -0.05) is 25.8 Å². The normalized spacial score (nSPS) is 7.00. The maximum absolute atomic E-state index is 3.60. The third-order valence-corrected chi connectivity index (χ3v) is 0.762.